The summed E-state index contributed by atoms with van der Waals surface area (Å²) in [5, 5.41) is 4.00. The Balaban J connectivity index is 1.81. The number of aromatic nitrogens is 2. The number of carbonyl (C=O) groups excluding carboxylic acids is 1. The SMILES string of the molecule is CCOCCCn1c(S[C@@H](C)C(=O)NC2CCCCC2)nc2ccc(Br)cc2c1=O. The molecule has 1 fully saturated rings. The molecule has 3 rings (SSSR count). The monoisotopic (exact) mass is 495 g/mol. The Kier molecular flexibility index (Phi) is 8.77. The standard InChI is InChI=1S/C22H30BrN3O3S/c1-3-29-13-7-12-26-21(28)18-14-16(23)10-11-19(18)25-22(26)30-15(2)20(27)24-17-8-5-4-6-9-17/h10-11,14-15,17H,3-9,12-13H2,1-2H3,(H,24,27)/t15-/m0/s1. The van der Waals surface area contributed by atoms with Gasteiger partial charge in [0, 0.05) is 30.3 Å². The van der Waals surface area contributed by atoms with Gasteiger partial charge in [-0.2, -0.15) is 0 Å². The molecule has 2 aromatic rings. The average Bonchev–Trinajstić information content (AvgIpc) is 2.74. The highest BCUT2D eigenvalue weighted by atomic mass is 79.9. The number of benzene rings is 1. The van der Waals surface area contributed by atoms with E-state index in [4.69, 9.17) is 9.72 Å². The van der Waals surface area contributed by atoms with Crippen LogP contribution in [0.3, 0.4) is 0 Å². The Morgan fingerprint density at radius 1 is 1.37 bits per heavy atom. The number of ether oxygens (including phenoxy) is 1. The van der Waals surface area contributed by atoms with Crippen molar-refractivity contribution in [2.75, 3.05) is 13.2 Å². The van der Waals surface area contributed by atoms with E-state index >= 15 is 0 Å². The molecule has 1 amide bonds. The summed E-state index contributed by atoms with van der Waals surface area (Å²) >= 11 is 4.79. The molecule has 0 aliphatic heterocycles. The molecule has 0 radical (unpaired) electrons. The van der Waals surface area contributed by atoms with Gasteiger partial charge in [0.2, 0.25) is 5.91 Å². The van der Waals surface area contributed by atoms with Crippen LogP contribution in [0, 0.1) is 0 Å². The molecular weight excluding hydrogens is 466 g/mol. The second-order valence-corrected chi connectivity index (χ2v) is 9.89. The molecule has 1 heterocycles. The predicted octanol–water partition coefficient (Wildman–Crippen LogP) is 4.52. The first-order chi connectivity index (χ1) is 14.5. The molecule has 1 saturated carbocycles. The summed E-state index contributed by atoms with van der Waals surface area (Å²) in [5.41, 5.74) is 0.562. The number of fused-ring (bicyclic) bond motifs is 1. The van der Waals surface area contributed by atoms with Crippen LogP contribution < -0.4 is 10.9 Å². The van der Waals surface area contributed by atoms with Crippen LogP contribution >= 0.6 is 27.7 Å². The molecule has 0 spiro atoms. The van der Waals surface area contributed by atoms with Crippen LogP contribution in [0.2, 0.25) is 0 Å². The molecule has 1 aromatic heterocycles. The van der Waals surface area contributed by atoms with Gasteiger partial charge in [-0.15, -0.1) is 0 Å². The molecule has 0 bridgehead atoms. The van der Waals surface area contributed by atoms with Crippen molar-refractivity contribution in [2.24, 2.45) is 0 Å². The molecule has 6 nitrogen and oxygen atoms in total. The third-order valence-corrected chi connectivity index (χ3v) is 6.94. The summed E-state index contributed by atoms with van der Waals surface area (Å²) in [6.07, 6.45) is 6.41. The van der Waals surface area contributed by atoms with E-state index in [0.717, 1.165) is 17.3 Å². The van der Waals surface area contributed by atoms with Gasteiger partial charge in [0.1, 0.15) is 0 Å². The highest BCUT2D eigenvalue weighted by Crippen LogP contribution is 2.25. The Labute approximate surface area is 190 Å². The van der Waals surface area contributed by atoms with Crippen molar-refractivity contribution in [1.29, 1.82) is 0 Å². The van der Waals surface area contributed by atoms with Crippen molar-refractivity contribution >= 4 is 44.5 Å². The fourth-order valence-electron chi connectivity index (χ4n) is 3.71. The van der Waals surface area contributed by atoms with E-state index in [-0.39, 0.29) is 22.8 Å². The Morgan fingerprint density at radius 2 is 2.13 bits per heavy atom. The van der Waals surface area contributed by atoms with Crippen molar-refractivity contribution in [1.82, 2.24) is 14.9 Å². The maximum atomic E-state index is 13.2. The number of nitrogens with one attached hydrogen (secondary N) is 1. The molecular formula is C22H30BrN3O3S. The predicted molar refractivity (Wildman–Crippen MR) is 125 cm³/mol. The summed E-state index contributed by atoms with van der Waals surface area (Å²) in [6.45, 7) is 5.58. The molecule has 1 atom stereocenters. The zero-order valence-corrected chi connectivity index (χ0v) is 20.1. The largest absolute Gasteiger partial charge is 0.382 e. The Morgan fingerprint density at radius 3 is 2.87 bits per heavy atom. The van der Waals surface area contributed by atoms with Gasteiger partial charge in [-0.3, -0.25) is 14.2 Å². The topological polar surface area (TPSA) is 73.2 Å². The van der Waals surface area contributed by atoms with E-state index in [9.17, 15) is 9.59 Å². The maximum absolute atomic E-state index is 13.2. The fraction of sp³-hybridized carbons (Fsp3) is 0.591. The number of nitrogens with zero attached hydrogens (tertiary/aromatic N) is 2. The highest BCUT2D eigenvalue weighted by Gasteiger charge is 2.23. The number of carbonyl (C=O) groups is 1. The normalized spacial score (nSPS) is 16.0. The molecule has 1 aromatic carbocycles. The van der Waals surface area contributed by atoms with Gasteiger partial charge in [0.05, 0.1) is 16.2 Å². The highest BCUT2D eigenvalue weighted by molar-refractivity contribution is 9.10. The smallest absolute Gasteiger partial charge is 0.262 e. The van der Waals surface area contributed by atoms with Crippen molar-refractivity contribution in [2.45, 2.75) is 75.4 Å². The van der Waals surface area contributed by atoms with Crippen LogP contribution in [0.15, 0.2) is 32.6 Å². The average molecular weight is 496 g/mol. The van der Waals surface area contributed by atoms with Crippen LogP contribution in [-0.2, 0) is 16.1 Å². The van der Waals surface area contributed by atoms with Gasteiger partial charge in [-0.1, -0.05) is 47.0 Å². The van der Waals surface area contributed by atoms with Crippen LogP contribution in [-0.4, -0.2) is 40.0 Å². The number of hydrogen-bond acceptors (Lipinski definition) is 5. The number of thioether (sulfide) groups is 1. The third kappa shape index (κ3) is 6.08. The Bertz CT molecular complexity index is 928. The number of hydrogen-bond donors (Lipinski definition) is 1. The molecule has 164 valence electrons. The molecule has 0 unspecified atom stereocenters. The summed E-state index contributed by atoms with van der Waals surface area (Å²) in [6, 6.07) is 5.78. The lowest BCUT2D eigenvalue weighted by Gasteiger charge is -2.24. The van der Waals surface area contributed by atoms with Gasteiger partial charge in [-0.25, -0.2) is 4.98 Å². The first-order valence-corrected chi connectivity index (χ1v) is 12.4. The number of halogens is 1. The molecule has 1 aliphatic carbocycles. The minimum atomic E-state index is -0.329. The van der Waals surface area contributed by atoms with Crippen LogP contribution in [0.1, 0.15) is 52.4 Å². The van der Waals surface area contributed by atoms with Crippen LogP contribution in [0.4, 0.5) is 0 Å². The number of amides is 1. The van der Waals surface area contributed by atoms with Gasteiger partial charge < -0.3 is 10.1 Å². The second kappa shape index (κ2) is 11.3. The van der Waals surface area contributed by atoms with Crippen molar-refractivity contribution < 1.29 is 9.53 Å². The Hall–Kier alpha value is -1.38. The third-order valence-electron chi connectivity index (χ3n) is 5.36. The second-order valence-electron chi connectivity index (χ2n) is 7.67. The van der Waals surface area contributed by atoms with Crippen molar-refractivity contribution in [3.05, 3.63) is 33.0 Å². The summed E-state index contributed by atoms with van der Waals surface area (Å²) in [4.78, 5) is 30.7. The van der Waals surface area contributed by atoms with E-state index in [1.54, 1.807) is 10.6 Å². The van der Waals surface area contributed by atoms with Crippen molar-refractivity contribution in [3.8, 4) is 0 Å². The molecule has 30 heavy (non-hydrogen) atoms. The first-order valence-electron chi connectivity index (χ1n) is 10.7. The zero-order valence-electron chi connectivity index (χ0n) is 17.7. The van der Waals surface area contributed by atoms with Gasteiger partial charge in [0.15, 0.2) is 5.16 Å². The van der Waals surface area contributed by atoms with E-state index in [1.165, 1.54) is 31.0 Å². The first kappa shape index (κ1) is 23.3. The summed E-state index contributed by atoms with van der Waals surface area (Å²) in [5.74, 6) is 0.0120. The van der Waals surface area contributed by atoms with Gasteiger partial charge in [-0.05, 0) is 51.3 Å². The van der Waals surface area contributed by atoms with Crippen molar-refractivity contribution in [3.63, 3.8) is 0 Å². The molecule has 8 heteroatoms. The van der Waals surface area contributed by atoms with Crippen LogP contribution in [0.5, 0.6) is 0 Å². The maximum Gasteiger partial charge on any atom is 0.262 e. The zero-order chi connectivity index (χ0) is 21.5. The van der Waals surface area contributed by atoms with E-state index in [0.29, 0.717) is 42.2 Å². The summed E-state index contributed by atoms with van der Waals surface area (Å²) in [7, 11) is 0. The molecule has 0 saturated heterocycles. The lowest BCUT2D eigenvalue weighted by Crippen LogP contribution is -2.40. The quantitative estimate of drug-likeness (QED) is 0.314. The minimum Gasteiger partial charge on any atom is -0.382 e. The fourth-order valence-corrected chi connectivity index (χ4v) is 5.01. The van der Waals surface area contributed by atoms with E-state index in [1.807, 2.05) is 26.0 Å². The molecule has 1 aliphatic rings. The van der Waals surface area contributed by atoms with Gasteiger partial charge >= 0.3 is 0 Å². The van der Waals surface area contributed by atoms with E-state index < -0.39 is 0 Å². The van der Waals surface area contributed by atoms with Crippen LogP contribution in [0.25, 0.3) is 10.9 Å². The lowest BCUT2D eigenvalue weighted by atomic mass is 9.95. The lowest BCUT2D eigenvalue weighted by molar-refractivity contribution is -0.121. The molecule has 1 N–H and O–H groups in total. The summed E-state index contributed by atoms with van der Waals surface area (Å²) < 4.78 is 7.96. The minimum absolute atomic E-state index is 0.0120. The van der Waals surface area contributed by atoms with Gasteiger partial charge in [0.25, 0.3) is 5.56 Å². The number of rotatable bonds is 9. The van der Waals surface area contributed by atoms with E-state index in [2.05, 4.69) is 21.2 Å².